The Morgan fingerprint density at radius 2 is 1.79 bits per heavy atom. The molecule has 0 unspecified atom stereocenters. The molecular weight excluding hydrogens is 392 g/mol. The minimum Gasteiger partial charge on any atom is -0.334 e. The monoisotopic (exact) mass is 412 g/mol. The summed E-state index contributed by atoms with van der Waals surface area (Å²) in [7, 11) is 0. The summed E-state index contributed by atoms with van der Waals surface area (Å²) in [4.78, 5) is 38.2. The van der Waals surface area contributed by atoms with Crippen LogP contribution in [-0.2, 0) is 4.79 Å². The zero-order valence-corrected chi connectivity index (χ0v) is 16.5. The van der Waals surface area contributed by atoms with Crippen molar-refractivity contribution in [2.45, 2.75) is 12.8 Å². The average Bonchev–Trinajstić information content (AvgIpc) is 3.13. The summed E-state index contributed by atoms with van der Waals surface area (Å²) < 4.78 is 0. The van der Waals surface area contributed by atoms with Crippen molar-refractivity contribution < 1.29 is 14.4 Å². The fourth-order valence-electron chi connectivity index (χ4n) is 3.00. The molecule has 1 aliphatic heterocycles. The molecule has 150 valence electrons. The van der Waals surface area contributed by atoms with Gasteiger partial charge in [-0.25, -0.2) is 4.79 Å². The number of urea groups is 1. The highest BCUT2D eigenvalue weighted by Gasteiger charge is 2.26. The minimum absolute atomic E-state index is 0.0218. The lowest BCUT2D eigenvalue weighted by Gasteiger charge is -2.20. The zero-order chi connectivity index (χ0) is 20.8. The second-order valence-corrected chi connectivity index (χ2v) is 6.90. The summed E-state index contributed by atoms with van der Waals surface area (Å²) in [6.07, 6.45) is 2.79. The van der Waals surface area contributed by atoms with Gasteiger partial charge in [0.15, 0.2) is 0 Å². The van der Waals surface area contributed by atoms with Crippen molar-refractivity contribution in [3.8, 4) is 0 Å². The fourth-order valence-corrected chi connectivity index (χ4v) is 3.16. The Balaban J connectivity index is 1.71. The summed E-state index contributed by atoms with van der Waals surface area (Å²) in [5.41, 5.74) is 2.02. The van der Waals surface area contributed by atoms with Crippen molar-refractivity contribution in [1.82, 2.24) is 5.32 Å². The van der Waals surface area contributed by atoms with Gasteiger partial charge in [0.05, 0.1) is 11.3 Å². The van der Waals surface area contributed by atoms with E-state index in [0.717, 1.165) is 6.42 Å². The summed E-state index contributed by atoms with van der Waals surface area (Å²) in [5, 5.41) is 8.56. The maximum atomic E-state index is 12.8. The molecule has 1 fully saturated rings. The van der Waals surface area contributed by atoms with E-state index in [4.69, 9.17) is 11.6 Å². The number of benzene rings is 2. The Bertz CT molecular complexity index is 943. The number of hydrogen-bond acceptors (Lipinski definition) is 3. The third-order valence-corrected chi connectivity index (χ3v) is 4.61. The number of nitrogens with one attached hydrogen (secondary N) is 3. The van der Waals surface area contributed by atoms with Gasteiger partial charge in [-0.1, -0.05) is 17.7 Å². The fraction of sp³-hybridized carbons (Fsp3) is 0.190. The molecule has 29 heavy (non-hydrogen) atoms. The van der Waals surface area contributed by atoms with Crippen molar-refractivity contribution in [2.75, 3.05) is 28.6 Å². The van der Waals surface area contributed by atoms with Crippen molar-refractivity contribution in [2.24, 2.45) is 0 Å². The standard InChI is InChI=1S/C21H21ClN4O3/c1-2-11-23-21(29)25-16-8-6-15(7-9-16)24-20(28)17-10-5-14(22)13-18(17)26-12-3-4-19(26)27/h2,5-10,13H,1,3-4,11-12H2,(H,24,28)(H2,23,25,29). The smallest absolute Gasteiger partial charge is 0.319 e. The Kier molecular flexibility index (Phi) is 6.51. The molecule has 0 spiro atoms. The molecule has 0 radical (unpaired) electrons. The van der Waals surface area contributed by atoms with E-state index in [0.29, 0.717) is 47.2 Å². The molecule has 1 aliphatic rings. The quantitative estimate of drug-likeness (QED) is 0.625. The third-order valence-electron chi connectivity index (χ3n) is 4.38. The Hall–Kier alpha value is -3.32. The van der Waals surface area contributed by atoms with Gasteiger partial charge in [-0.15, -0.1) is 6.58 Å². The van der Waals surface area contributed by atoms with Crippen LogP contribution in [-0.4, -0.2) is 30.9 Å². The third kappa shape index (κ3) is 5.14. The molecule has 2 aromatic carbocycles. The van der Waals surface area contributed by atoms with E-state index in [1.54, 1.807) is 53.4 Å². The van der Waals surface area contributed by atoms with Gasteiger partial charge in [-0.3, -0.25) is 9.59 Å². The molecule has 0 aliphatic carbocycles. The van der Waals surface area contributed by atoms with Gasteiger partial charge >= 0.3 is 6.03 Å². The summed E-state index contributed by atoms with van der Waals surface area (Å²) >= 11 is 6.08. The lowest BCUT2D eigenvalue weighted by atomic mass is 10.1. The number of amides is 4. The van der Waals surface area contributed by atoms with E-state index in [9.17, 15) is 14.4 Å². The molecule has 0 bridgehead atoms. The first-order valence-electron chi connectivity index (χ1n) is 9.15. The second-order valence-electron chi connectivity index (χ2n) is 6.47. The Morgan fingerprint density at radius 3 is 2.41 bits per heavy atom. The Labute approximate surface area is 173 Å². The van der Waals surface area contributed by atoms with E-state index < -0.39 is 0 Å². The van der Waals surface area contributed by atoms with Gasteiger partial charge in [0.25, 0.3) is 5.91 Å². The molecule has 0 aromatic heterocycles. The number of carbonyl (C=O) groups is 3. The number of rotatable bonds is 6. The molecule has 1 heterocycles. The van der Waals surface area contributed by atoms with Crippen LogP contribution in [0, 0.1) is 0 Å². The largest absolute Gasteiger partial charge is 0.334 e. The zero-order valence-electron chi connectivity index (χ0n) is 15.7. The molecule has 3 rings (SSSR count). The van der Waals surface area contributed by atoms with Crippen LogP contribution in [0.2, 0.25) is 5.02 Å². The first-order valence-corrected chi connectivity index (χ1v) is 9.53. The predicted octanol–water partition coefficient (Wildman–Crippen LogP) is 4.03. The number of carbonyl (C=O) groups excluding carboxylic acids is 3. The SMILES string of the molecule is C=CCNC(=O)Nc1ccc(NC(=O)c2ccc(Cl)cc2N2CCCC2=O)cc1. The van der Waals surface area contributed by atoms with Crippen molar-refractivity contribution in [3.63, 3.8) is 0 Å². The molecule has 4 amide bonds. The molecule has 1 saturated heterocycles. The number of nitrogens with zero attached hydrogens (tertiary/aromatic N) is 1. The van der Waals surface area contributed by atoms with Crippen LogP contribution >= 0.6 is 11.6 Å². The normalized spacial score (nSPS) is 13.1. The first kappa shape index (κ1) is 20.4. The van der Waals surface area contributed by atoms with Crippen LogP contribution in [0.25, 0.3) is 0 Å². The van der Waals surface area contributed by atoms with Crippen LogP contribution in [0.15, 0.2) is 55.1 Å². The molecule has 7 nitrogen and oxygen atoms in total. The van der Waals surface area contributed by atoms with Crippen molar-refractivity contribution in [3.05, 3.63) is 65.7 Å². The average molecular weight is 413 g/mol. The van der Waals surface area contributed by atoms with E-state index in [1.165, 1.54) is 0 Å². The van der Waals surface area contributed by atoms with E-state index in [-0.39, 0.29) is 17.8 Å². The summed E-state index contributed by atoms with van der Waals surface area (Å²) in [6.45, 7) is 4.46. The van der Waals surface area contributed by atoms with Crippen LogP contribution < -0.4 is 20.9 Å². The highest BCUT2D eigenvalue weighted by atomic mass is 35.5. The van der Waals surface area contributed by atoms with E-state index in [2.05, 4.69) is 22.5 Å². The lowest BCUT2D eigenvalue weighted by molar-refractivity contribution is -0.117. The van der Waals surface area contributed by atoms with Gasteiger partial charge in [-0.05, 0) is 48.9 Å². The molecule has 0 atom stereocenters. The first-order chi connectivity index (χ1) is 14.0. The predicted molar refractivity (Wildman–Crippen MR) is 115 cm³/mol. The highest BCUT2D eigenvalue weighted by Crippen LogP contribution is 2.29. The van der Waals surface area contributed by atoms with Crippen molar-refractivity contribution in [1.29, 1.82) is 0 Å². The van der Waals surface area contributed by atoms with Crippen LogP contribution in [0.1, 0.15) is 23.2 Å². The highest BCUT2D eigenvalue weighted by molar-refractivity contribution is 6.31. The number of anilines is 3. The summed E-state index contributed by atoms with van der Waals surface area (Å²) in [5.74, 6) is -0.368. The number of hydrogen-bond donors (Lipinski definition) is 3. The maximum absolute atomic E-state index is 12.8. The Morgan fingerprint density at radius 1 is 1.10 bits per heavy atom. The van der Waals surface area contributed by atoms with Gasteiger partial charge in [0.1, 0.15) is 0 Å². The maximum Gasteiger partial charge on any atom is 0.319 e. The molecule has 2 aromatic rings. The molecular formula is C21H21ClN4O3. The van der Waals surface area contributed by atoms with Crippen molar-refractivity contribution >= 4 is 46.5 Å². The lowest BCUT2D eigenvalue weighted by Crippen LogP contribution is -2.28. The van der Waals surface area contributed by atoms with Gasteiger partial charge in [0.2, 0.25) is 5.91 Å². The van der Waals surface area contributed by atoms with Gasteiger partial charge in [0, 0.05) is 35.9 Å². The molecule has 0 saturated carbocycles. The van der Waals surface area contributed by atoms with Crippen LogP contribution in [0.3, 0.4) is 0 Å². The van der Waals surface area contributed by atoms with Gasteiger partial charge < -0.3 is 20.9 Å². The van der Waals surface area contributed by atoms with Crippen LogP contribution in [0.5, 0.6) is 0 Å². The second kappa shape index (κ2) is 9.25. The summed E-state index contributed by atoms with van der Waals surface area (Å²) in [6, 6.07) is 11.2. The van der Waals surface area contributed by atoms with E-state index in [1.807, 2.05) is 0 Å². The minimum atomic E-state index is -0.346. The van der Waals surface area contributed by atoms with Crippen LogP contribution in [0.4, 0.5) is 21.9 Å². The number of halogens is 1. The molecule has 3 N–H and O–H groups in total. The van der Waals surface area contributed by atoms with Gasteiger partial charge in [-0.2, -0.15) is 0 Å². The van der Waals surface area contributed by atoms with E-state index >= 15 is 0 Å². The molecule has 8 heteroatoms. The topological polar surface area (TPSA) is 90.5 Å².